The Morgan fingerprint density at radius 3 is 2.65 bits per heavy atom. The van der Waals surface area contributed by atoms with Crippen LogP contribution in [0.2, 0.25) is 0 Å². The number of aromatic nitrogens is 1. The van der Waals surface area contributed by atoms with Gasteiger partial charge in [-0.15, -0.1) is 0 Å². The molecule has 1 N–H and O–H groups in total. The van der Waals surface area contributed by atoms with Crippen molar-refractivity contribution in [3.05, 3.63) is 23.5 Å². The van der Waals surface area contributed by atoms with E-state index in [0.29, 0.717) is 25.3 Å². The first-order valence-corrected chi connectivity index (χ1v) is 7.37. The number of pyridine rings is 1. The molecule has 1 saturated heterocycles. The molecule has 0 aromatic carbocycles. The van der Waals surface area contributed by atoms with E-state index in [0.717, 1.165) is 5.69 Å². The molecule has 2 heterocycles. The SMILES string of the molecule is Cc1ccc(O)c(CN2CCS(=O)(=O)CC2)n1. The monoisotopic (exact) mass is 256 g/mol. The van der Waals surface area contributed by atoms with Gasteiger partial charge in [-0.3, -0.25) is 9.88 Å². The van der Waals surface area contributed by atoms with E-state index in [1.54, 1.807) is 12.1 Å². The summed E-state index contributed by atoms with van der Waals surface area (Å²) in [5.41, 5.74) is 1.46. The summed E-state index contributed by atoms with van der Waals surface area (Å²) in [5.74, 6) is 0.558. The number of hydrogen-bond donors (Lipinski definition) is 1. The maximum absolute atomic E-state index is 11.3. The van der Waals surface area contributed by atoms with Crippen LogP contribution >= 0.6 is 0 Å². The number of rotatable bonds is 2. The molecule has 5 nitrogen and oxygen atoms in total. The normalized spacial score (nSPS) is 20.3. The molecule has 0 unspecified atom stereocenters. The zero-order valence-electron chi connectivity index (χ0n) is 9.76. The molecule has 17 heavy (non-hydrogen) atoms. The van der Waals surface area contributed by atoms with Crippen molar-refractivity contribution < 1.29 is 13.5 Å². The van der Waals surface area contributed by atoms with Crippen molar-refractivity contribution in [1.29, 1.82) is 0 Å². The minimum absolute atomic E-state index is 0.170. The summed E-state index contributed by atoms with van der Waals surface area (Å²) in [7, 11) is -2.85. The van der Waals surface area contributed by atoms with Gasteiger partial charge >= 0.3 is 0 Å². The standard InChI is InChI=1S/C11H16N2O3S/c1-9-2-3-11(14)10(12-9)8-13-4-6-17(15,16)7-5-13/h2-3,14H,4-8H2,1H3. The van der Waals surface area contributed by atoms with E-state index in [4.69, 9.17) is 0 Å². The van der Waals surface area contributed by atoms with Crippen LogP contribution in [-0.2, 0) is 16.4 Å². The molecular formula is C11H16N2O3S. The molecule has 0 radical (unpaired) electrons. The Kier molecular flexibility index (Phi) is 3.35. The third-order valence-corrected chi connectivity index (χ3v) is 4.51. The van der Waals surface area contributed by atoms with Crippen LogP contribution in [0.3, 0.4) is 0 Å². The minimum atomic E-state index is -2.85. The zero-order valence-corrected chi connectivity index (χ0v) is 10.6. The molecule has 0 atom stereocenters. The predicted molar refractivity (Wildman–Crippen MR) is 64.6 cm³/mol. The molecule has 1 aromatic rings. The van der Waals surface area contributed by atoms with Crippen molar-refractivity contribution in [3.63, 3.8) is 0 Å². The lowest BCUT2D eigenvalue weighted by Gasteiger charge is -2.26. The van der Waals surface area contributed by atoms with Crippen molar-refractivity contribution in [3.8, 4) is 5.75 Å². The number of sulfone groups is 1. The maximum Gasteiger partial charge on any atom is 0.152 e. The predicted octanol–water partition coefficient (Wildman–Crippen LogP) is 0.326. The first-order chi connectivity index (χ1) is 7.96. The topological polar surface area (TPSA) is 70.5 Å². The molecule has 1 aliphatic heterocycles. The molecule has 0 spiro atoms. The van der Waals surface area contributed by atoms with Gasteiger partial charge in [0.2, 0.25) is 0 Å². The first kappa shape index (κ1) is 12.3. The summed E-state index contributed by atoms with van der Waals surface area (Å²) < 4.78 is 22.6. The second-order valence-corrected chi connectivity index (χ2v) is 6.65. The Morgan fingerprint density at radius 2 is 2.00 bits per heavy atom. The van der Waals surface area contributed by atoms with Crippen LogP contribution in [0.5, 0.6) is 5.75 Å². The van der Waals surface area contributed by atoms with Crippen molar-refractivity contribution in [1.82, 2.24) is 9.88 Å². The molecule has 0 bridgehead atoms. The summed E-state index contributed by atoms with van der Waals surface area (Å²) in [4.78, 5) is 6.26. The molecule has 94 valence electrons. The molecule has 2 rings (SSSR count). The molecule has 6 heteroatoms. The summed E-state index contributed by atoms with van der Waals surface area (Å²) in [6.45, 7) is 3.39. The van der Waals surface area contributed by atoms with E-state index in [2.05, 4.69) is 4.98 Å². The Bertz CT molecular complexity index is 499. The molecule has 0 amide bonds. The van der Waals surface area contributed by atoms with Crippen LogP contribution in [0.15, 0.2) is 12.1 Å². The van der Waals surface area contributed by atoms with Crippen LogP contribution in [0, 0.1) is 6.92 Å². The van der Waals surface area contributed by atoms with E-state index in [-0.39, 0.29) is 17.3 Å². The lowest BCUT2D eigenvalue weighted by atomic mass is 10.2. The second-order valence-electron chi connectivity index (χ2n) is 4.35. The van der Waals surface area contributed by atoms with Crippen LogP contribution in [0.25, 0.3) is 0 Å². The quantitative estimate of drug-likeness (QED) is 0.825. The number of aromatic hydroxyl groups is 1. The van der Waals surface area contributed by atoms with Crippen molar-refractivity contribution in [2.75, 3.05) is 24.6 Å². The largest absolute Gasteiger partial charge is 0.506 e. The summed E-state index contributed by atoms with van der Waals surface area (Å²) in [5, 5.41) is 9.66. The smallest absolute Gasteiger partial charge is 0.152 e. The van der Waals surface area contributed by atoms with E-state index < -0.39 is 9.84 Å². The number of nitrogens with zero attached hydrogens (tertiary/aromatic N) is 2. The fraction of sp³-hybridized carbons (Fsp3) is 0.545. The number of aryl methyl sites for hydroxylation is 1. The van der Waals surface area contributed by atoms with E-state index in [9.17, 15) is 13.5 Å². The zero-order chi connectivity index (χ0) is 12.5. The van der Waals surface area contributed by atoms with Gasteiger partial charge in [-0.1, -0.05) is 0 Å². The highest BCUT2D eigenvalue weighted by molar-refractivity contribution is 7.91. The lowest BCUT2D eigenvalue weighted by Crippen LogP contribution is -2.39. The Labute approximate surface area is 101 Å². The molecular weight excluding hydrogens is 240 g/mol. The maximum atomic E-state index is 11.3. The minimum Gasteiger partial charge on any atom is -0.506 e. The highest BCUT2D eigenvalue weighted by atomic mass is 32.2. The average Bonchev–Trinajstić information content (AvgIpc) is 2.26. The van der Waals surface area contributed by atoms with Crippen LogP contribution in [0.4, 0.5) is 0 Å². The summed E-state index contributed by atoms with van der Waals surface area (Å²) >= 11 is 0. The van der Waals surface area contributed by atoms with E-state index in [1.165, 1.54) is 0 Å². The van der Waals surface area contributed by atoms with Gasteiger partial charge < -0.3 is 5.11 Å². The van der Waals surface area contributed by atoms with E-state index >= 15 is 0 Å². The van der Waals surface area contributed by atoms with Crippen molar-refractivity contribution in [2.24, 2.45) is 0 Å². The van der Waals surface area contributed by atoms with Gasteiger partial charge in [-0.05, 0) is 19.1 Å². The fourth-order valence-electron chi connectivity index (χ4n) is 1.84. The Morgan fingerprint density at radius 1 is 1.35 bits per heavy atom. The van der Waals surface area contributed by atoms with Gasteiger partial charge in [0.05, 0.1) is 17.2 Å². The average molecular weight is 256 g/mol. The van der Waals surface area contributed by atoms with Crippen LogP contribution < -0.4 is 0 Å². The van der Waals surface area contributed by atoms with Gasteiger partial charge in [-0.25, -0.2) is 8.42 Å². The summed E-state index contributed by atoms with van der Waals surface area (Å²) in [6.07, 6.45) is 0. The third kappa shape index (κ3) is 3.17. The van der Waals surface area contributed by atoms with Gasteiger partial charge in [0.1, 0.15) is 5.75 Å². The molecule has 1 fully saturated rings. The molecule has 0 aliphatic carbocycles. The molecule has 1 aromatic heterocycles. The van der Waals surface area contributed by atoms with Crippen molar-refractivity contribution in [2.45, 2.75) is 13.5 Å². The van der Waals surface area contributed by atoms with Gasteiger partial charge in [0, 0.05) is 25.3 Å². The highest BCUT2D eigenvalue weighted by Crippen LogP contribution is 2.17. The molecule has 0 saturated carbocycles. The van der Waals surface area contributed by atoms with Crippen LogP contribution in [0.1, 0.15) is 11.4 Å². The van der Waals surface area contributed by atoms with Gasteiger partial charge in [-0.2, -0.15) is 0 Å². The van der Waals surface area contributed by atoms with Gasteiger partial charge in [0.15, 0.2) is 9.84 Å². The molecule has 1 aliphatic rings. The first-order valence-electron chi connectivity index (χ1n) is 5.54. The Balaban J connectivity index is 2.05. The second kappa shape index (κ2) is 4.62. The summed E-state index contributed by atoms with van der Waals surface area (Å²) in [6, 6.07) is 3.37. The van der Waals surface area contributed by atoms with Crippen molar-refractivity contribution >= 4 is 9.84 Å². The number of hydrogen-bond acceptors (Lipinski definition) is 5. The Hall–Kier alpha value is -1.14. The lowest BCUT2D eigenvalue weighted by molar-refractivity contribution is 0.279. The van der Waals surface area contributed by atoms with Gasteiger partial charge in [0.25, 0.3) is 0 Å². The fourth-order valence-corrected chi connectivity index (χ4v) is 3.12. The third-order valence-electron chi connectivity index (χ3n) is 2.90. The highest BCUT2D eigenvalue weighted by Gasteiger charge is 2.22. The van der Waals surface area contributed by atoms with Crippen LogP contribution in [-0.4, -0.2) is 48.0 Å². The van der Waals surface area contributed by atoms with E-state index in [1.807, 2.05) is 11.8 Å².